The summed E-state index contributed by atoms with van der Waals surface area (Å²) in [6, 6.07) is 16.7. The van der Waals surface area contributed by atoms with Crippen molar-refractivity contribution in [2.45, 2.75) is 31.7 Å². The van der Waals surface area contributed by atoms with E-state index in [0.717, 1.165) is 16.9 Å². The molecule has 0 unspecified atom stereocenters. The lowest BCUT2D eigenvalue weighted by molar-refractivity contribution is -0.139. The molecule has 0 amide bonds. The molecule has 0 fully saturated rings. The molecule has 0 saturated carbocycles. The molecule has 3 aromatic carbocycles. The summed E-state index contributed by atoms with van der Waals surface area (Å²) in [5.41, 5.74) is 2.01. The predicted octanol–water partition coefficient (Wildman–Crippen LogP) is 5.18. The highest BCUT2D eigenvalue weighted by atomic mass is 35.5. The van der Waals surface area contributed by atoms with Crippen LogP contribution in [0.15, 0.2) is 92.7 Å². The zero-order chi connectivity index (χ0) is 30.2. The summed E-state index contributed by atoms with van der Waals surface area (Å²) in [7, 11) is -4.18. The molecule has 5 rings (SSSR count). The fourth-order valence-corrected chi connectivity index (χ4v) is 6.77. The van der Waals surface area contributed by atoms with Gasteiger partial charge in [0.25, 0.3) is 5.56 Å². The van der Waals surface area contributed by atoms with E-state index < -0.39 is 27.7 Å². The molecular formula is C30H24Cl2N2O6S2. The highest BCUT2D eigenvalue weighted by molar-refractivity contribution is 7.87. The summed E-state index contributed by atoms with van der Waals surface area (Å²) in [5, 5.41) is 0.812. The van der Waals surface area contributed by atoms with Gasteiger partial charge in [-0.2, -0.15) is 8.42 Å². The van der Waals surface area contributed by atoms with Crippen molar-refractivity contribution in [3.05, 3.63) is 124 Å². The molecule has 0 saturated heterocycles. The number of ether oxygens (including phenoxy) is 1. The quantitative estimate of drug-likeness (QED) is 0.203. The van der Waals surface area contributed by atoms with E-state index in [-0.39, 0.29) is 32.9 Å². The molecule has 4 aromatic rings. The third kappa shape index (κ3) is 5.94. The molecule has 0 bridgehead atoms. The number of fused-ring (bicyclic) bond motifs is 1. The van der Waals surface area contributed by atoms with Gasteiger partial charge in [-0.3, -0.25) is 9.36 Å². The van der Waals surface area contributed by atoms with Crippen LogP contribution in [0.1, 0.15) is 36.6 Å². The van der Waals surface area contributed by atoms with Gasteiger partial charge in [0, 0.05) is 15.6 Å². The number of halogens is 2. The maximum atomic E-state index is 13.9. The number of hydrogen-bond acceptors (Lipinski definition) is 8. The summed E-state index contributed by atoms with van der Waals surface area (Å²) in [4.78, 5) is 31.9. The Morgan fingerprint density at radius 1 is 1.02 bits per heavy atom. The van der Waals surface area contributed by atoms with Crippen LogP contribution < -0.4 is 19.1 Å². The van der Waals surface area contributed by atoms with E-state index in [1.807, 2.05) is 6.92 Å². The van der Waals surface area contributed by atoms with Crippen LogP contribution in [0, 0.1) is 6.92 Å². The summed E-state index contributed by atoms with van der Waals surface area (Å²) >= 11 is 13.5. The first-order valence-corrected chi connectivity index (χ1v) is 15.7. The fourth-order valence-electron chi connectivity index (χ4n) is 4.47. The van der Waals surface area contributed by atoms with Crippen LogP contribution in [-0.4, -0.2) is 25.6 Å². The molecular weight excluding hydrogens is 619 g/mol. The third-order valence-electron chi connectivity index (χ3n) is 6.47. The van der Waals surface area contributed by atoms with Crippen LogP contribution in [0.4, 0.5) is 0 Å². The van der Waals surface area contributed by atoms with Crippen LogP contribution in [0.25, 0.3) is 6.08 Å². The van der Waals surface area contributed by atoms with Gasteiger partial charge >= 0.3 is 16.1 Å². The normalized spacial score (nSPS) is 15.3. The average molecular weight is 644 g/mol. The van der Waals surface area contributed by atoms with Crippen LogP contribution in [-0.2, 0) is 19.6 Å². The Balaban J connectivity index is 1.66. The molecule has 42 heavy (non-hydrogen) atoms. The number of aryl methyl sites for hydroxylation is 1. The number of hydrogen-bond donors (Lipinski definition) is 0. The van der Waals surface area contributed by atoms with Crippen molar-refractivity contribution in [1.29, 1.82) is 0 Å². The maximum Gasteiger partial charge on any atom is 0.339 e. The number of rotatable bonds is 7. The van der Waals surface area contributed by atoms with E-state index in [4.69, 9.17) is 32.1 Å². The topological polar surface area (TPSA) is 104 Å². The molecule has 1 atom stereocenters. The van der Waals surface area contributed by atoms with Gasteiger partial charge in [-0.1, -0.05) is 64.4 Å². The van der Waals surface area contributed by atoms with Gasteiger partial charge < -0.3 is 8.92 Å². The molecule has 0 N–H and O–H groups in total. The number of nitrogens with zero attached hydrogens (tertiary/aromatic N) is 2. The SMILES string of the molecule is CCOC(=O)C1=C(C)N=c2sc(=Cc3cc(Cl)ccc3OS(=O)(=O)c3ccc(C)cc3)c(=O)n2[C@H]1c1ccc(Cl)cc1. The van der Waals surface area contributed by atoms with Gasteiger partial charge in [0.1, 0.15) is 10.6 Å². The average Bonchev–Trinajstić information content (AvgIpc) is 3.24. The van der Waals surface area contributed by atoms with E-state index in [9.17, 15) is 18.0 Å². The van der Waals surface area contributed by atoms with Crippen LogP contribution in [0.3, 0.4) is 0 Å². The largest absolute Gasteiger partial charge is 0.463 e. The van der Waals surface area contributed by atoms with Gasteiger partial charge in [0.15, 0.2) is 4.80 Å². The predicted molar refractivity (Wildman–Crippen MR) is 162 cm³/mol. The molecule has 1 aliphatic rings. The number of allylic oxidation sites excluding steroid dienone is 1. The molecule has 12 heteroatoms. The minimum absolute atomic E-state index is 0.0107. The van der Waals surface area contributed by atoms with Crippen molar-refractivity contribution in [3.63, 3.8) is 0 Å². The highest BCUT2D eigenvalue weighted by Crippen LogP contribution is 2.32. The Bertz CT molecular complexity index is 2010. The molecule has 2 heterocycles. The third-order valence-corrected chi connectivity index (χ3v) is 9.19. The molecule has 0 aliphatic carbocycles. The molecule has 216 valence electrons. The van der Waals surface area contributed by atoms with Crippen molar-refractivity contribution in [1.82, 2.24) is 4.57 Å². The molecule has 0 radical (unpaired) electrons. The lowest BCUT2D eigenvalue weighted by Crippen LogP contribution is -2.39. The number of carbonyl (C=O) groups is 1. The first-order valence-electron chi connectivity index (χ1n) is 12.7. The molecule has 1 aliphatic heterocycles. The minimum atomic E-state index is -4.18. The van der Waals surface area contributed by atoms with Crippen molar-refractivity contribution in [2.24, 2.45) is 4.99 Å². The Labute approximate surface area is 255 Å². The van der Waals surface area contributed by atoms with Crippen LogP contribution in [0.2, 0.25) is 10.0 Å². The van der Waals surface area contributed by atoms with Crippen molar-refractivity contribution >= 4 is 56.7 Å². The minimum Gasteiger partial charge on any atom is -0.463 e. The van der Waals surface area contributed by atoms with E-state index in [1.54, 1.807) is 50.2 Å². The smallest absolute Gasteiger partial charge is 0.339 e. The summed E-state index contributed by atoms with van der Waals surface area (Å²) in [5.74, 6) is -0.594. The van der Waals surface area contributed by atoms with Gasteiger partial charge in [-0.15, -0.1) is 0 Å². The highest BCUT2D eigenvalue weighted by Gasteiger charge is 2.33. The first kappa shape index (κ1) is 29.8. The Morgan fingerprint density at radius 2 is 1.69 bits per heavy atom. The Kier molecular flexibility index (Phi) is 8.43. The summed E-state index contributed by atoms with van der Waals surface area (Å²) in [6.07, 6.45) is 1.50. The number of carbonyl (C=O) groups excluding carboxylic acids is 1. The lowest BCUT2D eigenvalue weighted by Gasteiger charge is -2.24. The van der Waals surface area contributed by atoms with E-state index in [2.05, 4.69) is 4.99 Å². The van der Waals surface area contributed by atoms with Crippen molar-refractivity contribution in [2.75, 3.05) is 6.61 Å². The second kappa shape index (κ2) is 11.9. The Hall–Kier alpha value is -3.70. The van der Waals surface area contributed by atoms with Gasteiger partial charge in [-0.05, 0) is 74.9 Å². The second-order valence-corrected chi connectivity index (χ2v) is 12.8. The van der Waals surface area contributed by atoms with E-state index in [0.29, 0.717) is 26.1 Å². The summed E-state index contributed by atoms with van der Waals surface area (Å²) in [6.45, 7) is 5.38. The Morgan fingerprint density at radius 3 is 2.36 bits per heavy atom. The van der Waals surface area contributed by atoms with Crippen LogP contribution in [0.5, 0.6) is 5.75 Å². The zero-order valence-corrected chi connectivity index (χ0v) is 25.8. The lowest BCUT2D eigenvalue weighted by atomic mass is 9.96. The summed E-state index contributed by atoms with van der Waals surface area (Å²) < 4.78 is 38.5. The number of aromatic nitrogens is 1. The van der Waals surface area contributed by atoms with Gasteiger partial charge in [0.05, 0.1) is 28.5 Å². The van der Waals surface area contributed by atoms with Gasteiger partial charge in [-0.25, -0.2) is 9.79 Å². The second-order valence-electron chi connectivity index (χ2n) is 9.39. The molecule has 0 spiro atoms. The first-order chi connectivity index (χ1) is 20.0. The number of benzene rings is 3. The maximum absolute atomic E-state index is 13.9. The van der Waals surface area contributed by atoms with Crippen molar-refractivity contribution < 1.29 is 22.1 Å². The molecule has 8 nitrogen and oxygen atoms in total. The monoisotopic (exact) mass is 642 g/mol. The number of thiazole rings is 1. The standard InChI is InChI=1S/C30H24Cl2N2O6S2/c1-4-39-29(36)26-18(3)33-30-34(27(26)19-7-9-21(31)10-8-19)28(35)25(41-30)16-20-15-22(32)11-14-24(20)40-42(37,38)23-12-5-17(2)6-13-23/h5-16,27H,4H2,1-3H3/t27-/m0/s1. The van der Waals surface area contributed by atoms with Crippen LogP contribution >= 0.6 is 34.5 Å². The fraction of sp³-hybridized carbons (Fsp3) is 0.167. The van der Waals surface area contributed by atoms with E-state index in [1.165, 1.54) is 41.0 Å². The van der Waals surface area contributed by atoms with Crippen molar-refractivity contribution in [3.8, 4) is 5.75 Å². The molecule has 1 aromatic heterocycles. The zero-order valence-electron chi connectivity index (χ0n) is 22.6. The van der Waals surface area contributed by atoms with E-state index >= 15 is 0 Å². The van der Waals surface area contributed by atoms with Gasteiger partial charge in [0.2, 0.25) is 0 Å². The number of esters is 1.